The summed E-state index contributed by atoms with van der Waals surface area (Å²) >= 11 is 12.5. The first-order valence-corrected chi connectivity index (χ1v) is 13.5. The molecule has 13 heteroatoms. The van der Waals surface area contributed by atoms with Crippen molar-refractivity contribution in [3.63, 3.8) is 0 Å². The largest absolute Gasteiger partial charge is 0.430 e. The molecular weight excluding hydrogens is 636 g/mol. The highest BCUT2D eigenvalue weighted by atomic mass is 35.5. The first-order valence-electron chi connectivity index (χ1n) is 12.8. The second kappa shape index (κ2) is 12.4. The Kier molecular flexibility index (Phi) is 9.35. The monoisotopic (exact) mass is 658 g/mol. The van der Waals surface area contributed by atoms with E-state index in [2.05, 4.69) is 10.3 Å². The van der Waals surface area contributed by atoms with Gasteiger partial charge in [-0.05, 0) is 60.0 Å². The molecule has 4 rings (SSSR count). The number of pyridine rings is 1. The number of methoxy groups -OCH3 is 1. The van der Waals surface area contributed by atoms with Crippen LogP contribution in [0.1, 0.15) is 33.5 Å². The highest BCUT2D eigenvalue weighted by Gasteiger charge is 2.64. The Bertz CT molecular complexity index is 1650. The number of hydrogen-bond donors (Lipinski definition) is 1. The third-order valence-corrected chi connectivity index (χ3v) is 7.65. The van der Waals surface area contributed by atoms with E-state index in [0.717, 1.165) is 18.3 Å². The third-order valence-electron chi connectivity index (χ3n) is 7.08. The van der Waals surface area contributed by atoms with E-state index in [4.69, 9.17) is 27.9 Å². The zero-order chi connectivity index (χ0) is 32.5. The van der Waals surface area contributed by atoms with E-state index in [1.165, 1.54) is 42.5 Å². The number of nitrogens with one attached hydrogen (secondary N) is 1. The average Bonchev–Trinajstić information content (AvgIpc) is 2.94. The van der Waals surface area contributed by atoms with E-state index in [1.54, 1.807) is 13.0 Å². The number of alkyl halides is 6. The first-order chi connectivity index (χ1) is 20.5. The summed E-state index contributed by atoms with van der Waals surface area (Å²) in [5, 5.41) is 2.45. The summed E-state index contributed by atoms with van der Waals surface area (Å²) in [5.41, 5.74) is -8.03. The molecule has 2 atom stereocenters. The summed E-state index contributed by atoms with van der Waals surface area (Å²) in [6, 6.07) is 14.5. The van der Waals surface area contributed by atoms with E-state index in [0.29, 0.717) is 24.8 Å². The topological polar surface area (TPSA) is 51.2 Å². The van der Waals surface area contributed by atoms with Crippen LogP contribution in [-0.4, -0.2) is 24.2 Å². The lowest BCUT2D eigenvalue weighted by Crippen LogP contribution is -2.61. The highest BCUT2D eigenvalue weighted by molar-refractivity contribution is 6.31. The molecule has 0 unspecified atom stereocenters. The molecule has 44 heavy (non-hydrogen) atoms. The van der Waals surface area contributed by atoms with Gasteiger partial charge in [-0.3, -0.25) is 9.78 Å². The number of carbonyl (C=O) groups excluding carboxylic acids is 1. The molecule has 0 saturated heterocycles. The number of nitrogens with zero attached hydrogens (tertiary/aromatic N) is 1. The molecule has 0 fully saturated rings. The van der Waals surface area contributed by atoms with Crippen molar-refractivity contribution in [1.29, 1.82) is 0 Å². The Hall–Kier alpha value is -3.67. The molecule has 0 aliphatic carbocycles. The summed E-state index contributed by atoms with van der Waals surface area (Å²) in [4.78, 5) is 18.3. The summed E-state index contributed by atoms with van der Waals surface area (Å²) in [6.45, 7) is 1.71. The number of ether oxygens (including phenoxy) is 1. The molecule has 0 saturated carbocycles. The fourth-order valence-electron chi connectivity index (χ4n) is 4.93. The Morgan fingerprint density at radius 3 is 2.07 bits per heavy atom. The molecule has 232 valence electrons. The smallest absolute Gasteiger partial charge is 0.356 e. The summed E-state index contributed by atoms with van der Waals surface area (Å²) in [7, 11) is 0.670. The summed E-state index contributed by atoms with van der Waals surface area (Å²) in [6.07, 6.45) is -9.91. The van der Waals surface area contributed by atoms with Crippen molar-refractivity contribution in [3.8, 4) is 0 Å². The van der Waals surface area contributed by atoms with Crippen molar-refractivity contribution in [2.24, 2.45) is 0 Å². The van der Waals surface area contributed by atoms with Crippen molar-refractivity contribution in [2.45, 2.75) is 36.8 Å². The van der Waals surface area contributed by atoms with E-state index in [1.807, 2.05) is 0 Å². The van der Waals surface area contributed by atoms with Crippen molar-refractivity contribution in [2.75, 3.05) is 7.11 Å². The number of hydrogen-bond acceptors (Lipinski definition) is 3. The van der Waals surface area contributed by atoms with Crippen LogP contribution in [0, 0.1) is 12.7 Å². The molecule has 3 aromatic carbocycles. The number of amides is 1. The van der Waals surface area contributed by atoms with E-state index < -0.39 is 58.3 Å². The molecule has 1 amide bonds. The van der Waals surface area contributed by atoms with Crippen LogP contribution in [0.4, 0.5) is 30.7 Å². The Morgan fingerprint density at radius 1 is 0.864 bits per heavy atom. The standard InChI is InChI=1S/C31H23Cl2F7N2O2/c1-18-8-9-19(25(33)12-18)16-28(26-11-10-23(32)17-41-26,21-13-22(30(35,36)37)15-24(34)14-21)42-27(43)29(44-2,31(38,39)40)20-6-4-3-5-7-20/h3-15,17H,16H2,1-2H3,(H,42,43)/t28-,29-/m0/s1. The van der Waals surface area contributed by atoms with E-state index >= 15 is 0 Å². The van der Waals surface area contributed by atoms with Crippen LogP contribution in [0.2, 0.25) is 10.0 Å². The third kappa shape index (κ3) is 6.40. The number of rotatable bonds is 8. The molecule has 4 nitrogen and oxygen atoms in total. The lowest BCUT2D eigenvalue weighted by Gasteiger charge is -2.40. The van der Waals surface area contributed by atoms with Gasteiger partial charge in [0.05, 0.1) is 16.3 Å². The minimum absolute atomic E-state index is 0.0726. The normalized spacial score (nSPS) is 14.9. The SMILES string of the molecule is CO[C@](C(=O)N[C@@](Cc1ccc(C)cc1Cl)(c1cc(F)cc(C(F)(F)F)c1)c1ccc(Cl)cn1)(c1ccccc1)C(F)(F)F. The number of carbonyl (C=O) groups is 1. The van der Waals surface area contributed by atoms with Gasteiger partial charge in [0.1, 0.15) is 11.4 Å². The van der Waals surface area contributed by atoms with Crippen LogP contribution < -0.4 is 5.32 Å². The second-order valence-electron chi connectivity index (χ2n) is 9.97. The van der Waals surface area contributed by atoms with Gasteiger partial charge >= 0.3 is 12.4 Å². The molecule has 0 radical (unpaired) electrons. The minimum atomic E-state index is -5.38. The van der Waals surface area contributed by atoms with Gasteiger partial charge in [0.15, 0.2) is 0 Å². The van der Waals surface area contributed by atoms with Gasteiger partial charge in [-0.15, -0.1) is 0 Å². The van der Waals surface area contributed by atoms with Gasteiger partial charge in [0.2, 0.25) is 0 Å². The zero-order valence-corrected chi connectivity index (χ0v) is 24.5. The summed E-state index contributed by atoms with van der Waals surface area (Å²) < 4.78 is 106. The molecular formula is C31H23Cl2F7N2O2. The molecule has 0 bridgehead atoms. The van der Waals surface area contributed by atoms with E-state index in [9.17, 15) is 35.5 Å². The molecule has 1 N–H and O–H groups in total. The van der Waals surface area contributed by atoms with Crippen molar-refractivity contribution in [1.82, 2.24) is 10.3 Å². The molecule has 0 aliphatic heterocycles. The quantitative estimate of drug-likeness (QED) is 0.193. The maximum absolute atomic E-state index is 14.9. The van der Waals surface area contributed by atoms with Gasteiger partial charge in [0.25, 0.3) is 11.5 Å². The average molecular weight is 659 g/mol. The predicted molar refractivity (Wildman–Crippen MR) is 151 cm³/mol. The Balaban J connectivity index is 2.09. The lowest BCUT2D eigenvalue weighted by molar-refractivity contribution is -0.266. The molecule has 0 aliphatic rings. The maximum atomic E-state index is 14.9. The summed E-state index contributed by atoms with van der Waals surface area (Å²) in [5.74, 6) is -3.18. The number of benzene rings is 3. The Morgan fingerprint density at radius 2 is 1.52 bits per heavy atom. The minimum Gasteiger partial charge on any atom is -0.356 e. The van der Waals surface area contributed by atoms with Gasteiger partial charge in [-0.2, -0.15) is 26.3 Å². The van der Waals surface area contributed by atoms with Gasteiger partial charge in [-0.25, -0.2) is 4.39 Å². The first kappa shape index (κ1) is 33.2. The predicted octanol–water partition coefficient (Wildman–Crippen LogP) is 8.56. The number of aromatic nitrogens is 1. The van der Waals surface area contributed by atoms with Crippen LogP contribution in [0.5, 0.6) is 0 Å². The second-order valence-corrected chi connectivity index (χ2v) is 10.8. The van der Waals surface area contributed by atoms with Crippen LogP contribution in [0.25, 0.3) is 0 Å². The van der Waals surface area contributed by atoms with Crippen LogP contribution >= 0.6 is 23.2 Å². The molecule has 4 aromatic rings. The number of halogens is 9. The van der Waals surface area contributed by atoms with E-state index in [-0.39, 0.29) is 27.4 Å². The molecule has 1 aromatic heterocycles. The molecule has 0 spiro atoms. The molecule has 1 heterocycles. The zero-order valence-electron chi connectivity index (χ0n) is 23.0. The maximum Gasteiger partial charge on any atom is 0.430 e. The number of aryl methyl sites for hydroxylation is 1. The van der Waals surface area contributed by atoms with Gasteiger partial charge < -0.3 is 10.1 Å². The van der Waals surface area contributed by atoms with Crippen molar-refractivity contribution in [3.05, 3.63) is 134 Å². The van der Waals surface area contributed by atoms with Crippen LogP contribution in [0.15, 0.2) is 85.1 Å². The van der Waals surface area contributed by atoms with Crippen molar-refractivity contribution >= 4 is 29.1 Å². The van der Waals surface area contributed by atoms with Crippen molar-refractivity contribution < 1.29 is 40.3 Å². The van der Waals surface area contributed by atoms with Gasteiger partial charge in [-0.1, -0.05) is 65.7 Å². The highest BCUT2D eigenvalue weighted by Crippen LogP contribution is 2.45. The Labute approximate surface area is 257 Å². The fourth-order valence-corrected chi connectivity index (χ4v) is 5.35. The van der Waals surface area contributed by atoms with Gasteiger partial charge in [0, 0.05) is 30.3 Å². The fraction of sp³-hybridized carbons (Fsp3) is 0.226. The van der Waals surface area contributed by atoms with Crippen LogP contribution in [0.3, 0.4) is 0 Å². The lowest BCUT2D eigenvalue weighted by atomic mass is 9.78. The van der Waals surface area contributed by atoms with Crippen LogP contribution in [-0.2, 0) is 33.3 Å².